The lowest BCUT2D eigenvalue weighted by Gasteiger charge is -2.00. The van der Waals surface area contributed by atoms with E-state index in [1.54, 1.807) is 24.3 Å². The van der Waals surface area contributed by atoms with Gasteiger partial charge >= 0.3 is 0 Å². The molecular formula is C16H13ClO. The number of benzene rings is 2. The first-order chi connectivity index (χ1) is 8.68. The Bertz CT molecular complexity index is 600. The molecule has 2 aromatic rings. The molecule has 0 saturated heterocycles. The van der Waals surface area contributed by atoms with Crippen molar-refractivity contribution >= 4 is 23.5 Å². The zero-order valence-electron chi connectivity index (χ0n) is 10.1. The standard InChI is InChI=1S/C16H13ClO/c1-12-6-2-3-7-13(12)10-11-16(18)14-8-4-5-9-15(14)17/h2-11H,1H3/b11-10+. The van der Waals surface area contributed by atoms with Crippen LogP contribution in [0.4, 0.5) is 0 Å². The number of ketones is 1. The van der Waals surface area contributed by atoms with Gasteiger partial charge < -0.3 is 0 Å². The summed E-state index contributed by atoms with van der Waals surface area (Å²) in [6.07, 6.45) is 3.38. The molecule has 2 rings (SSSR count). The maximum atomic E-state index is 12.0. The molecule has 0 N–H and O–H groups in total. The average molecular weight is 257 g/mol. The Morgan fingerprint density at radius 2 is 1.72 bits per heavy atom. The highest BCUT2D eigenvalue weighted by molar-refractivity contribution is 6.34. The number of rotatable bonds is 3. The Balaban J connectivity index is 2.23. The van der Waals surface area contributed by atoms with E-state index in [1.165, 1.54) is 0 Å². The van der Waals surface area contributed by atoms with E-state index in [1.807, 2.05) is 43.3 Å². The van der Waals surface area contributed by atoms with E-state index in [4.69, 9.17) is 11.6 Å². The van der Waals surface area contributed by atoms with Gasteiger partial charge in [0, 0.05) is 5.56 Å². The van der Waals surface area contributed by atoms with Gasteiger partial charge in [-0.25, -0.2) is 0 Å². The van der Waals surface area contributed by atoms with E-state index < -0.39 is 0 Å². The van der Waals surface area contributed by atoms with Crippen LogP contribution in [0.15, 0.2) is 54.6 Å². The summed E-state index contributed by atoms with van der Waals surface area (Å²) >= 11 is 5.98. The van der Waals surface area contributed by atoms with Crippen LogP contribution in [0.25, 0.3) is 6.08 Å². The minimum atomic E-state index is -0.0798. The number of carbonyl (C=O) groups excluding carboxylic acids is 1. The van der Waals surface area contributed by atoms with E-state index in [-0.39, 0.29) is 5.78 Å². The molecule has 1 nitrogen and oxygen atoms in total. The lowest BCUT2D eigenvalue weighted by Crippen LogP contribution is -1.94. The van der Waals surface area contributed by atoms with Crippen LogP contribution in [0.5, 0.6) is 0 Å². The van der Waals surface area contributed by atoms with Crippen molar-refractivity contribution in [3.05, 3.63) is 76.3 Å². The molecule has 2 aromatic carbocycles. The maximum Gasteiger partial charge on any atom is 0.187 e. The molecule has 0 amide bonds. The number of halogens is 1. The maximum absolute atomic E-state index is 12.0. The van der Waals surface area contributed by atoms with Crippen molar-refractivity contribution in [2.24, 2.45) is 0 Å². The predicted molar refractivity (Wildman–Crippen MR) is 76.0 cm³/mol. The van der Waals surface area contributed by atoms with Gasteiger partial charge in [-0.2, -0.15) is 0 Å². The van der Waals surface area contributed by atoms with E-state index >= 15 is 0 Å². The highest BCUT2D eigenvalue weighted by Gasteiger charge is 2.05. The third-order valence-electron chi connectivity index (χ3n) is 2.74. The molecule has 0 unspecified atom stereocenters. The molecule has 0 aliphatic carbocycles. The van der Waals surface area contributed by atoms with Gasteiger partial charge in [0.1, 0.15) is 0 Å². The molecule has 0 spiro atoms. The molecule has 0 saturated carbocycles. The smallest absolute Gasteiger partial charge is 0.187 e. The number of aryl methyl sites for hydroxylation is 1. The molecule has 0 radical (unpaired) electrons. The summed E-state index contributed by atoms with van der Waals surface area (Å²) in [6.45, 7) is 2.01. The Hall–Kier alpha value is -1.86. The molecular weight excluding hydrogens is 244 g/mol. The van der Waals surface area contributed by atoms with Crippen LogP contribution >= 0.6 is 11.6 Å². The van der Waals surface area contributed by atoms with Crippen molar-refractivity contribution < 1.29 is 4.79 Å². The summed E-state index contributed by atoms with van der Waals surface area (Å²) < 4.78 is 0. The van der Waals surface area contributed by atoms with Crippen LogP contribution in [-0.2, 0) is 0 Å². The number of carbonyl (C=O) groups is 1. The van der Waals surface area contributed by atoms with E-state index in [0.717, 1.165) is 11.1 Å². The SMILES string of the molecule is Cc1ccccc1/C=C/C(=O)c1ccccc1Cl. The normalized spacial score (nSPS) is 10.8. The lowest BCUT2D eigenvalue weighted by molar-refractivity contribution is 0.104. The summed E-state index contributed by atoms with van der Waals surface area (Å²) in [7, 11) is 0. The molecule has 0 aromatic heterocycles. The molecule has 0 aliphatic heterocycles. The second kappa shape index (κ2) is 5.65. The van der Waals surface area contributed by atoms with E-state index in [9.17, 15) is 4.79 Å². The van der Waals surface area contributed by atoms with Gasteiger partial charge in [0.25, 0.3) is 0 Å². The third kappa shape index (κ3) is 2.88. The minimum Gasteiger partial charge on any atom is -0.289 e. The summed E-state index contributed by atoms with van der Waals surface area (Å²) in [5, 5.41) is 0.483. The fourth-order valence-corrected chi connectivity index (χ4v) is 1.92. The zero-order valence-corrected chi connectivity index (χ0v) is 10.8. The highest BCUT2D eigenvalue weighted by Crippen LogP contribution is 2.17. The largest absolute Gasteiger partial charge is 0.289 e. The number of hydrogen-bond donors (Lipinski definition) is 0. The Morgan fingerprint density at radius 3 is 2.44 bits per heavy atom. The van der Waals surface area contributed by atoms with E-state index in [0.29, 0.717) is 10.6 Å². The van der Waals surface area contributed by atoms with Crippen LogP contribution < -0.4 is 0 Å². The second-order valence-corrected chi connectivity index (χ2v) is 4.44. The third-order valence-corrected chi connectivity index (χ3v) is 3.07. The summed E-state index contributed by atoms with van der Waals surface area (Å²) in [4.78, 5) is 12.0. The van der Waals surface area contributed by atoms with Gasteiger partial charge in [-0.15, -0.1) is 0 Å². The number of hydrogen-bond acceptors (Lipinski definition) is 1. The molecule has 0 aliphatic rings. The predicted octanol–water partition coefficient (Wildman–Crippen LogP) is 4.54. The molecule has 90 valence electrons. The molecule has 0 atom stereocenters. The highest BCUT2D eigenvalue weighted by atomic mass is 35.5. The molecule has 0 heterocycles. The van der Waals surface area contributed by atoms with Crippen LogP contribution in [0.2, 0.25) is 5.02 Å². The fourth-order valence-electron chi connectivity index (χ4n) is 1.69. The monoisotopic (exact) mass is 256 g/mol. The van der Waals surface area contributed by atoms with Gasteiger partial charge in [-0.3, -0.25) is 4.79 Å². The second-order valence-electron chi connectivity index (χ2n) is 4.03. The van der Waals surface area contributed by atoms with Crippen molar-refractivity contribution in [1.29, 1.82) is 0 Å². The van der Waals surface area contributed by atoms with Gasteiger partial charge in [0.15, 0.2) is 5.78 Å². The summed E-state index contributed by atoms with van der Waals surface area (Å²) in [6, 6.07) is 15.0. The van der Waals surface area contributed by atoms with Gasteiger partial charge in [0.05, 0.1) is 5.02 Å². The van der Waals surface area contributed by atoms with Gasteiger partial charge in [0.2, 0.25) is 0 Å². The van der Waals surface area contributed by atoms with Crippen LogP contribution in [-0.4, -0.2) is 5.78 Å². The van der Waals surface area contributed by atoms with Gasteiger partial charge in [-0.05, 0) is 36.3 Å². The van der Waals surface area contributed by atoms with Crippen LogP contribution in [0, 0.1) is 6.92 Å². The Morgan fingerprint density at radius 1 is 1.06 bits per heavy atom. The van der Waals surface area contributed by atoms with Crippen molar-refractivity contribution in [3.8, 4) is 0 Å². The average Bonchev–Trinajstić information content (AvgIpc) is 2.38. The quantitative estimate of drug-likeness (QED) is 0.582. The molecule has 2 heteroatoms. The van der Waals surface area contributed by atoms with Crippen molar-refractivity contribution in [2.75, 3.05) is 0 Å². The molecule has 0 fully saturated rings. The number of allylic oxidation sites excluding steroid dienone is 1. The summed E-state index contributed by atoms with van der Waals surface area (Å²) in [5.74, 6) is -0.0798. The lowest BCUT2D eigenvalue weighted by atomic mass is 10.1. The van der Waals surface area contributed by atoms with E-state index in [2.05, 4.69) is 0 Å². The van der Waals surface area contributed by atoms with Crippen molar-refractivity contribution in [2.45, 2.75) is 6.92 Å². The van der Waals surface area contributed by atoms with Crippen LogP contribution in [0.1, 0.15) is 21.5 Å². The first-order valence-electron chi connectivity index (χ1n) is 5.71. The van der Waals surface area contributed by atoms with Gasteiger partial charge in [-0.1, -0.05) is 54.1 Å². The van der Waals surface area contributed by atoms with Crippen molar-refractivity contribution in [3.63, 3.8) is 0 Å². The molecule has 0 bridgehead atoms. The molecule has 18 heavy (non-hydrogen) atoms. The minimum absolute atomic E-state index is 0.0798. The first kappa shape index (κ1) is 12.6. The fraction of sp³-hybridized carbons (Fsp3) is 0.0625. The summed E-state index contributed by atoms with van der Waals surface area (Å²) in [5.41, 5.74) is 2.71. The zero-order chi connectivity index (χ0) is 13.0. The Labute approximate surface area is 112 Å². The van der Waals surface area contributed by atoms with Crippen LogP contribution in [0.3, 0.4) is 0 Å². The topological polar surface area (TPSA) is 17.1 Å². The van der Waals surface area contributed by atoms with Crippen molar-refractivity contribution in [1.82, 2.24) is 0 Å². The first-order valence-corrected chi connectivity index (χ1v) is 6.09. The Kier molecular flexibility index (Phi) is 3.96.